The van der Waals surface area contributed by atoms with E-state index in [1.54, 1.807) is 13.8 Å². The van der Waals surface area contributed by atoms with Gasteiger partial charge in [-0.2, -0.15) is 0 Å². The molecule has 76 valence electrons. The lowest BCUT2D eigenvalue weighted by Crippen LogP contribution is -2.06. The van der Waals surface area contributed by atoms with E-state index in [1.165, 1.54) is 6.07 Å². The molecule has 0 aliphatic carbocycles. The Balaban J connectivity index is 3.14. The minimum absolute atomic E-state index is 0.0759. The van der Waals surface area contributed by atoms with Crippen LogP contribution in [0.25, 0.3) is 0 Å². The predicted octanol–water partition coefficient (Wildman–Crippen LogP) is 1.58. The van der Waals surface area contributed by atoms with Crippen LogP contribution in [0.1, 0.15) is 22.8 Å². The highest BCUT2D eigenvalue weighted by molar-refractivity contribution is 5.94. The lowest BCUT2D eigenvalue weighted by atomic mass is 10.1. The molecule has 0 saturated carbocycles. The molecule has 14 heavy (non-hydrogen) atoms. The highest BCUT2D eigenvalue weighted by Gasteiger charge is 2.16. The zero-order valence-electron chi connectivity index (χ0n) is 8.07. The molecule has 0 unspecified atom stereocenters. The zero-order valence-corrected chi connectivity index (χ0v) is 8.07. The molecule has 0 atom stereocenters. The average Bonchev–Trinajstić information content (AvgIpc) is 2.01. The van der Waals surface area contributed by atoms with Crippen LogP contribution in [0.3, 0.4) is 0 Å². The van der Waals surface area contributed by atoms with Crippen molar-refractivity contribution in [3.63, 3.8) is 0 Å². The maximum Gasteiger partial charge on any atom is 0.342 e. The maximum absolute atomic E-state index is 11.3. The smallest absolute Gasteiger partial charge is 0.342 e. The van der Waals surface area contributed by atoms with Crippen molar-refractivity contribution < 1.29 is 19.7 Å². The van der Waals surface area contributed by atoms with Crippen molar-refractivity contribution >= 4 is 5.97 Å². The fraction of sp³-hybridized carbons (Fsp3) is 0.300. The molecule has 0 heterocycles. The number of hydrogen-bond acceptors (Lipinski definition) is 4. The van der Waals surface area contributed by atoms with Crippen LogP contribution in [0.4, 0.5) is 0 Å². The molecule has 0 saturated heterocycles. The van der Waals surface area contributed by atoms with Gasteiger partial charge in [0.05, 0.1) is 6.61 Å². The number of rotatable bonds is 2. The summed E-state index contributed by atoms with van der Waals surface area (Å²) in [4.78, 5) is 11.3. The molecule has 0 aromatic heterocycles. The molecule has 1 rings (SSSR count). The summed E-state index contributed by atoms with van der Waals surface area (Å²) < 4.78 is 4.75. The summed E-state index contributed by atoms with van der Waals surface area (Å²) in [5, 5.41) is 18.5. The SMILES string of the molecule is CCOC(=O)c1c(C)cc(O)cc1O. The third-order valence-electron chi connectivity index (χ3n) is 1.78. The van der Waals surface area contributed by atoms with Crippen LogP contribution in [-0.4, -0.2) is 22.8 Å². The van der Waals surface area contributed by atoms with E-state index in [1.807, 2.05) is 0 Å². The van der Waals surface area contributed by atoms with E-state index in [-0.39, 0.29) is 23.7 Å². The first-order valence-corrected chi connectivity index (χ1v) is 4.26. The first-order valence-electron chi connectivity index (χ1n) is 4.26. The van der Waals surface area contributed by atoms with Gasteiger partial charge in [-0.25, -0.2) is 4.79 Å². The van der Waals surface area contributed by atoms with E-state index < -0.39 is 5.97 Å². The summed E-state index contributed by atoms with van der Waals surface area (Å²) in [5.74, 6) is -0.920. The number of benzene rings is 1. The Morgan fingerprint density at radius 1 is 1.43 bits per heavy atom. The second-order valence-electron chi connectivity index (χ2n) is 2.88. The molecule has 0 radical (unpaired) electrons. The van der Waals surface area contributed by atoms with Crippen LogP contribution in [-0.2, 0) is 4.74 Å². The van der Waals surface area contributed by atoms with Crippen LogP contribution in [0.5, 0.6) is 11.5 Å². The zero-order chi connectivity index (χ0) is 10.7. The quantitative estimate of drug-likeness (QED) is 0.705. The van der Waals surface area contributed by atoms with E-state index in [4.69, 9.17) is 9.84 Å². The van der Waals surface area contributed by atoms with Crippen LogP contribution >= 0.6 is 0 Å². The fourth-order valence-electron chi connectivity index (χ4n) is 1.22. The number of phenols is 2. The lowest BCUT2D eigenvalue weighted by molar-refractivity contribution is 0.0522. The molecule has 1 aromatic carbocycles. The summed E-state index contributed by atoms with van der Waals surface area (Å²) >= 11 is 0. The Labute approximate surface area is 81.8 Å². The van der Waals surface area contributed by atoms with E-state index in [2.05, 4.69) is 0 Å². The van der Waals surface area contributed by atoms with Gasteiger partial charge < -0.3 is 14.9 Å². The first-order chi connectivity index (χ1) is 6.56. The Kier molecular flexibility index (Phi) is 2.96. The number of esters is 1. The van der Waals surface area contributed by atoms with Gasteiger partial charge >= 0.3 is 5.97 Å². The van der Waals surface area contributed by atoms with Gasteiger partial charge in [-0.05, 0) is 25.5 Å². The molecule has 0 fully saturated rings. The molecule has 4 nitrogen and oxygen atoms in total. The number of carbonyl (C=O) groups is 1. The van der Waals surface area contributed by atoms with Gasteiger partial charge in [0.25, 0.3) is 0 Å². The molecule has 0 spiro atoms. The Hall–Kier alpha value is -1.71. The molecular weight excluding hydrogens is 184 g/mol. The summed E-state index contributed by atoms with van der Waals surface area (Å²) in [6.07, 6.45) is 0. The maximum atomic E-state index is 11.3. The molecule has 0 aliphatic rings. The van der Waals surface area contributed by atoms with Gasteiger partial charge in [0.2, 0.25) is 0 Å². The topological polar surface area (TPSA) is 66.8 Å². The highest BCUT2D eigenvalue weighted by Crippen LogP contribution is 2.27. The van der Waals surface area contributed by atoms with Gasteiger partial charge in [-0.3, -0.25) is 0 Å². The molecule has 0 bridgehead atoms. The Bertz CT molecular complexity index is 334. The standard InChI is InChI=1S/C10H12O4/c1-3-14-10(13)9-6(2)4-7(11)5-8(9)12/h4-5,11-12H,3H2,1-2H3. The minimum atomic E-state index is -0.581. The lowest BCUT2D eigenvalue weighted by Gasteiger charge is -2.07. The second-order valence-corrected chi connectivity index (χ2v) is 2.88. The average molecular weight is 196 g/mol. The Morgan fingerprint density at radius 3 is 2.57 bits per heavy atom. The number of aryl methyl sites for hydroxylation is 1. The first kappa shape index (κ1) is 10.4. The van der Waals surface area contributed by atoms with E-state index in [0.717, 1.165) is 6.07 Å². The third-order valence-corrected chi connectivity index (χ3v) is 1.78. The molecule has 0 aliphatic heterocycles. The third kappa shape index (κ3) is 1.96. The number of phenolic OH excluding ortho intramolecular Hbond substituents is 2. The summed E-state index contributed by atoms with van der Waals surface area (Å²) in [5.41, 5.74) is 0.589. The van der Waals surface area contributed by atoms with E-state index >= 15 is 0 Å². The minimum Gasteiger partial charge on any atom is -0.508 e. The van der Waals surface area contributed by atoms with Crippen molar-refractivity contribution in [1.82, 2.24) is 0 Å². The highest BCUT2D eigenvalue weighted by atomic mass is 16.5. The van der Waals surface area contributed by atoms with Crippen molar-refractivity contribution in [2.45, 2.75) is 13.8 Å². The molecular formula is C10H12O4. The fourth-order valence-corrected chi connectivity index (χ4v) is 1.22. The monoisotopic (exact) mass is 196 g/mol. The van der Waals surface area contributed by atoms with Gasteiger partial charge in [0, 0.05) is 6.07 Å². The van der Waals surface area contributed by atoms with Crippen LogP contribution < -0.4 is 0 Å². The van der Waals surface area contributed by atoms with Gasteiger partial charge in [-0.1, -0.05) is 0 Å². The van der Waals surface area contributed by atoms with Crippen LogP contribution in [0.15, 0.2) is 12.1 Å². The van der Waals surface area contributed by atoms with Gasteiger partial charge in [-0.15, -0.1) is 0 Å². The number of aromatic hydroxyl groups is 2. The second kappa shape index (κ2) is 4.00. The molecule has 1 aromatic rings. The summed E-state index contributed by atoms with van der Waals surface area (Å²) in [6.45, 7) is 3.55. The van der Waals surface area contributed by atoms with Gasteiger partial charge in [0.1, 0.15) is 17.1 Å². The Morgan fingerprint density at radius 2 is 2.07 bits per heavy atom. The van der Waals surface area contributed by atoms with Crippen LogP contribution in [0.2, 0.25) is 0 Å². The van der Waals surface area contributed by atoms with Crippen molar-refractivity contribution in [3.05, 3.63) is 23.3 Å². The van der Waals surface area contributed by atoms with Crippen molar-refractivity contribution in [1.29, 1.82) is 0 Å². The largest absolute Gasteiger partial charge is 0.508 e. The molecule has 4 heteroatoms. The normalized spacial score (nSPS) is 9.86. The summed E-state index contributed by atoms with van der Waals surface area (Å²) in [6, 6.07) is 2.51. The molecule has 2 N–H and O–H groups in total. The summed E-state index contributed by atoms with van der Waals surface area (Å²) in [7, 11) is 0. The number of hydrogen-bond donors (Lipinski definition) is 2. The van der Waals surface area contributed by atoms with E-state index in [9.17, 15) is 9.90 Å². The number of carbonyl (C=O) groups excluding carboxylic acids is 1. The van der Waals surface area contributed by atoms with Crippen molar-refractivity contribution in [3.8, 4) is 11.5 Å². The van der Waals surface area contributed by atoms with Crippen molar-refractivity contribution in [2.24, 2.45) is 0 Å². The van der Waals surface area contributed by atoms with E-state index in [0.29, 0.717) is 5.56 Å². The number of ether oxygens (including phenoxy) is 1. The molecule has 0 amide bonds. The van der Waals surface area contributed by atoms with Crippen LogP contribution in [0, 0.1) is 6.92 Å². The van der Waals surface area contributed by atoms with Crippen molar-refractivity contribution in [2.75, 3.05) is 6.61 Å². The van der Waals surface area contributed by atoms with Gasteiger partial charge in [0.15, 0.2) is 0 Å². The predicted molar refractivity (Wildman–Crippen MR) is 50.5 cm³/mol.